The van der Waals surface area contributed by atoms with Gasteiger partial charge in [0.05, 0.1) is 0 Å². The summed E-state index contributed by atoms with van der Waals surface area (Å²) >= 11 is 0. The fraction of sp³-hybridized carbons (Fsp3) is 0.750. The van der Waals surface area contributed by atoms with Crippen molar-refractivity contribution in [1.29, 1.82) is 0 Å². The molecule has 4 heteroatoms. The topological polar surface area (TPSA) is 49.8 Å². The van der Waals surface area contributed by atoms with Crippen LogP contribution in [0.3, 0.4) is 0 Å². The van der Waals surface area contributed by atoms with Crippen molar-refractivity contribution in [3.63, 3.8) is 0 Å². The number of anilines is 2. The lowest BCUT2D eigenvalue weighted by Crippen LogP contribution is -2.30. The summed E-state index contributed by atoms with van der Waals surface area (Å²) in [4.78, 5) is 9.16. The van der Waals surface area contributed by atoms with Crippen LogP contribution in [0.25, 0.3) is 0 Å². The maximum atomic E-state index is 4.65. The van der Waals surface area contributed by atoms with Crippen molar-refractivity contribution in [2.45, 2.75) is 58.9 Å². The van der Waals surface area contributed by atoms with Crippen molar-refractivity contribution < 1.29 is 0 Å². The number of hydrogen-bond acceptors (Lipinski definition) is 4. The lowest BCUT2D eigenvalue weighted by molar-refractivity contribution is 0.280. The summed E-state index contributed by atoms with van der Waals surface area (Å²) in [5.41, 5.74) is 0. The highest BCUT2D eigenvalue weighted by Crippen LogP contribution is 2.30. The molecule has 1 aromatic heterocycles. The van der Waals surface area contributed by atoms with Gasteiger partial charge in [0.15, 0.2) is 0 Å². The van der Waals surface area contributed by atoms with Crippen LogP contribution in [0.4, 0.5) is 11.6 Å². The van der Waals surface area contributed by atoms with Crippen LogP contribution in [0, 0.1) is 11.8 Å². The summed E-state index contributed by atoms with van der Waals surface area (Å²) in [7, 11) is 1.91. The van der Waals surface area contributed by atoms with Crippen LogP contribution < -0.4 is 10.6 Å². The second-order valence-electron chi connectivity index (χ2n) is 6.31. The van der Waals surface area contributed by atoms with Gasteiger partial charge in [0.25, 0.3) is 0 Å². The molecule has 112 valence electrons. The van der Waals surface area contributed by atoms with Crippen molar-refractivity contribution >= 4 is 11.6 Å². The summed E-state index contributed by atoms with van der Waals surface area (Å²) in [6.45, 7) is 6.87. The predicted molar refractivity (Wildman–Crippen MR) is 85.2 cm³/mol. The SMILES string of the molecule is CCCc1nc(NC)cc(NC2CC(C)CC(C)C2)n1. The van der Waals surface area contributed by atoms with E-state index in [0.717, 1.165) is 42.1 Å². The monoisotopic (exact) mass is 276 g/mol. The molecule has 1 fully saturated rings. The van der Waals surface area contributed by atoms with E-state index in [0.29, 0.717) is 6.04 Å². The van der Waals surface area contributed by atoms with Gasteiger partial charge in [0, 0.05) is 25.6 Å². The second-order valence-corrected chi connectivity index (χ2v) is 6.31. The van der Waals surface area contributed by atoms with Gasteiger partial charge in [-0.25, -0.2) is 9.97 Å². The number of aromatic nitrogens is 2. The zero-order valence-corrected chi connectivity index (χ0v) is 13.2. The van der Waals surface area contributed by atoms with Gasteiger partial charge in [0.2, 0.25) is 0 Å². The van der Waals surface area contributed by atoms with E-state index in [1.54, 1.807) is 0 Å². The highest BCUT2D eigenvalue weighted by atomic mass is 15.1. The first-order chi connectivity index (χ1) is 9.60. The second kappa shape index (κ2) is 6.91. The molecule has 2 atom stereocenters. The molecule has 1 aliphatic rings. The van der Waals surface area contributed by atoms with Gasteiger partial charge in [-0.2, -0.15) is 0 Å². The number of hydrogen-bond donors (Lipinski definition) is 2. The van der Waals surface area contributed by atoms with Gasteiger partial charge in [0.1, 0.15) is 17.5 Å². The van der Waals surface area contributed by atoms with E-state index in [9.17, 15) is 0 Å². The number of rotatable bonds is 5. The summed E-state index contributed by atoms with van der Waals surface area (Å²) in [5.74, 6) is 4.41. The first-order valence-electron chi connectivity index (χ1n) is 7.93. The molecular formula is C16H28N4. The minimum atomic E-state index is 0.544. The van der Waals surface area contributed by atoms with Crippen LogP contribution in [-0.2, 0) is 6.42 Å². The zero-order chi connectivity index (χ0) is 14.5. The maximum Gasteiger partial charge on any atom is 0.133 e. The molecule has 1 aromatic rings. The minimum Gasteiger partial charge on any atom is -0.373 e. The van der Waals surface area contributed by atoms with Gasteiger partial charge in [-0.15, -0.1) is 0 Å². The molecule has 1 saturated carbocycles. The average molecular weight is 276 g/mol. The zero-order valence-electron chi connectivity index (χ0n) is 13.2. The Balaban J connectivity index is 2.09. The van der Waals surface area contributed by atoms with Gasteiger partial charge >= 0.3 is 0 Å². The predicted octanol–water partition coefficient (Wildman–Crippen LogP) is 3.71. The lowest BCUT2D eigenvalue weighted by atomic mass is 9.80. The molecule has 1 heterocycles. The van der Waals surface area contributed by atoms with Crippen molar-refractivity contribution in [1.82, 2.24) is 9.97 Å². The highest BCUT2D eigenvalue weighted by molar-refractivity contribution is 5.47. The normalized spacial score (nSPS) is 26.3. The van der Waals surface area contributed by atoms with Crippen LogP contribution in [0.1, 0.15) is 52.3 Å². The Hall–Kier alpha value is -1.32. The molecule has 0 radical (unpaired) electrons. The Kier molecular flexibility index (Phi) is 5.21. The quantitative estimate of drug-likeness (QED) is 0.861. The van der Waals surface area contributed by atoms with Crippen LogP contribution in [0.15, 0.2) is 6.07 Å². The smallest absolute Gasteiger partial charge is 0.133 e. The molecule has 0 spiro atoms. The van der Waals surface area contributed by atoms with Crippen molar-refractivity contribution in [2.24, 2.45) is 11.8 Å². The lowest BCUT2D eigenvalue weighted by Gasteiger charge is -2.32. The molecule has 0 bridgehead atoms. The largest absolute Gasteiger partial charge is 0.373 e. The maximum absolute atomic E-state index is 4.65. The van der Waals surface area contributed by atoms with Gasteiger partial charge in [-0.1, -0.05) is 20.8 Å². The molecule has 4 nitrogen and oxygen atoms in total. The number of aryl methyl sites for hydroxylation is 1. The Morgan fingerprint density at radius 1 is 1.10 bits per heavy atom. The van der Waals surface area contributed by atoms with Crippen LogP contribution in [0.5, 0.6) is 0 Å². The Morgan fingerprint density at radius 3 is 2.35 bits per heavy atom. The fourth-order valence-corrected chi connectivity index (χ4v) is 3.31. The molecule has 0 amide bonds. The summed E-state index contributed by atoms with van der Waals surface area (Å²) in [5, 5.41) is 6.75. The minimum absolute atomic E-state index is 0.544. The van der Waals surface area contributed by atoms with E-state index < -0.39 is 0 Å². The number of nitrogens with one attached hydrogen (secondary N) is 2. The van der Waals surface area contributed by atoms with E-state index in [4.69, 9.17) is 0 Å². The summed E-state index contributed by atoms with van der Waals surface area (Å²) in [6.07, 6.45) is 5.84. The molecule has 20 heavy (non-hydrogen) atoms. The molecule has 2 N–H and O–H groups in total. The third kappa shape index (κ3) is 4.09. The van der Waals surface area contributed by atoms with E-state index in [2.05, 4.69) is 41.4 Å². The van der Waals surface area contributed by atoms with Crippen molar-refractivity contribution in [3.05, 3.63) is 11.9 Å². The number of nitrogens with zero attached hydrogens (tertiary/aromatic N) is 2. The highest BCUT2D eigenvalue weighted by Gasteiger charge is 2.24. The third-order valence-corrected chi connectivity index (χ3v) is 4.03. The summed E-state index contributed by atoms with van der Waals surface area (Å²) in [6, 6.07) is 2.56. The Morgan fingerprint density at radius 2 is 1.75 bits per heavy atom. The van der Waals surface area contributed by atoms with Gasteiger partial charge < -0.3 is 10.6 Å². The first-order valence-corrected chi connectivity index (χ1v) is 7.93. The van der Waals surface area contributed by atoms with E-state index in [1.165, 1.54) is 19.3 Å². The molecule has 0 aliphatic heterocycles. The molecule has 1 aliphatic carbocycles. The Bertz CT molecular complexity index is 422. The van der Waals surface area contributed by atoms with Crippen molar-refractivity contribution in [3.8, 4) is 0 Å². The molecule has 2 rings (SSSR count). The van der Waals surface area contributed by atoms with Crippen LogP contribution in [-0.4, -0.2) is 23.1 Å². The molecule has 2 unspecified atom stereocenters. The standard InChI is InChI=1S/C16H28N4/c1-5-6-14-19-15(17-4)10-16(20-14)18-13-8-11(2)7-12(3)9-13/h10-13H,5-9H2,1-4H3,(H2,17,18,19,20). The molecular weight excluding hydrogens is 248 g/mol. The van der Waals surface area contributed by atoms with Crippen molar-refractivity contribution in [2.75, 3.05) is 17.7 Å². The fourth-order valence-electron chi connectivity index (χ4n) is 3.31. The van der Waals surface area contributed by atoms with Gasteiger partial charge in [-0.3, -0.25) is 0 Å². The molecule has 0 saturated heterocycles. The van der Waals surface area contributed by atoms with E-state index in [1.807, 2.05) is 13.1 Å². The van der Waals surface area contributed by atoms with Gasteiger partial charge in [-0.05, 0) is 37.5 Å². The van der Waals surface area contributed by atoms with Crippen LogP contribution >= 0.6 is 0 Å². The van der Waals surface area contributed by atoms with E-state index in [-0.39, 0.29) is 0 Å². The molecule has 0 aromatic carbocycles. The van der Waals surface area contributed by atoms with Crippen LogP contribution in [0.2, 0.25) is 0 Å². The average Bonchev–Trinajstić information content (AvgIpc) is 2.37. The third-order valence-electron chi connectivity index (χ3n) is 4.03. The first kappa shape index (κ1) is 15.1. The van der Waals surface area contributed by atoms with E-state index >= 15 is 0 Å². The summed E-state index contributed by atoms with van der Waals surface area (Å²) < 4.78 is 0. The Labute approximate surface area is 122 Å².